The van der Waals surface area contributed by atoms with Gasteiger partial charge in [0.05, 0.1) is 17.3 Å². The lowest BCUT2D eigenvalue weighted by atomic mass is 10.0. The second kappa shape index (κ2) is 7.06. The van der Waals surface area contributed by atoms with Crippen LogP contribution in [0.1, 0.15) is 55.4 Å². The van der Waals surface area contributed by atoms with Crippen LogP contribution in [0.5, 0.6) is 0 Å². The van der Waals surface area contributed by atoms with Crippen LogP contribution in [-0.4, -0.2) is 38.2 Å². The third-order valence-corrected chi connectivity index (χ3v) is 5.71. The average molecular weight is 321 g/mol. The molecule has 5 unspecified atom stereocenters. The summed E-state index contributed by atoms with van der Waals surface area (Å²) in [5, 5.41) is 0. The van der Waals surface area contributed by atoms with Gasteiger partial charge in [0.25, 0.3) is 0 Å². The lowest BCUT2D eigenvalue weighted by Gasteiger charge is -2.42. The fraction of sp³-hybridized carbons (Fsp3) is 1.00. The molecule has 21 heavy (non-hydrogen) atoms. The molecule has 0 saturated carbocycles. The molecule has 0 N–H and O–H groups in total. The Labute approximate surface area is 130 Å². The summed E-state index contributed by atoms with van der Waals surface area (Å²) < 4.78 is 6.04. The van der Waals surface area contributed by atoms with Crippen LogP contribution in [0.15, 0.2) is 0 Å². The zero-order chi connectivity index (χ0) is 16.4. The summed E-state index contributed by atoms with van der Waals surface area (Å²) in [5.74, 6) is 0.153. The molecule has 0 radical (unpaired) electrons. The Hall–Kier alpha value is 0.0169. The Kier molecular flexibility index (Phi) is 6.41. The summed E-state index contributed by atoms with van der Waals surface area (Å²) in [6.07, 6.45) is -0.167. The Morgan fingerprint density at radius 1 is 0.857 bits per heavy atom. The van der Waals surface area contributed by atoms with E-state index in [0.717, 1.165) is 0 Å². The van der Waals surface area contributed by atoms with Gasteiger partial charge >= 0.3 is 0 Å². The Bertz CT molecular complexity index is 293. The molecule has 1 aliphatic heterocycles. The molecule has 1 rings (SSSR count). The summed E-state index contributed by atoms with van der Waals surface area (Å²) in [6, 6.07) is 0. The highest BCUT2D eigenvalue weighted by Crippen LogP contribution is 2.30. The zero-order valence-corrected chi connectivity index (χ0v) is 16.1. The fourth-order valence-corrected chi connectivity index (χ4v) is 4.54. The lowest BCUT2D eigenvalue weighted by molar-refractivity contribution is -0.412. The van der Waals surface area contributed by atoms with Crippen LogP contribution in [0.3, 0.4) is 0 Å². The zero-order valence-electron chi connectivity index (χ0n) is 14.9. The third-order valence-electron chi connectivity index (χ3n) is 3.21. The predicted octanol–water partition coefficient (Wildman–Crippen LogP) is 3.16. The first-order valence-corrected chi connectivity index (χ1v) is 10.0. The van der Waals surface area contributed by atoms with Crippen molar-refractivity contribution in [1.29, 1.82) is 0 Å². The smallest absolute Gasteiger partial charge is 0.207 e. The van der Waals surface area contributed by atoms with E-state index in [1.807, 2.05) is 48.5 Å². The van der Waals surface area contributed by atoms with Crippen molar-refractivity contribution < 1.29 is 24.0 Å². The van der Waals surface area contributed by atoms with Crippen molar-refractivity contribution in [3.8, 4) is 0 Å². The van der Waals surface area contributed by atoms with Gasteiger partial charge in [0, 0.05) is 5.92 Å². The van der Waals surface area contributed by atoms with Gasteiger partial charge in [-0.05, 0) is 55.0 Å². The molecule has 6 heteroatoms. The van der Waals surface area contributed by atoms with Gasteiger partial charge in [-0.2, -0.15) is 0 Å². The summed E-state index contributed by atoms with van der Waals surface area (Å²) in [7, 11) is -1.50. The quantitative estimate of drug-likeness (QED) is 0.452. The standard InChI is InChI=1S/C15H32O5Si/c1-10-12(16-19-14(3,4)5)11(2)18-21(9)13(10)17-20-15(6,7)8/h10-13,21H,1-9H3. The summed E-state index contributed by atoms with van der Waals surface area (Å²) >= 11 is 0. The Balaban J connectivity index is 2.68. The molecular formula is C15H32O5Si. The summed E-state index contributed by atoms with van der Waals surface area (Å²) in [4.78, 5) is 22.3. The molecule has 1 aliphatic rings. The molecule has 0 aliphatic carbocycles. The molecule has 1 heterocycles. The monoisotopic (exact) mass is 320 g/mol. The SMILES string of the molecule is CC1O[SiH](C)C(OOC(C)(C)C)C(C)C1OOC(C)(C)C. The van der Waals surface area contributed by atoms with E-state index in [4.69, 9.17) is 24.0 Å². The van der Waals surface area contributed by atoms with Crippen molar-refractivity contribution >= 4 is 9.04 Å². The van der Waals surface area contributed by atoms with Gasteiger partial charge in [-0.25, -0.2) is 19.6 Å². The Morgan fingerprint density at radius 2 is 1.33 bits per heavy atom. The molecule has 0 aromatic carbocycles. The molecule has 0 amide bonds. The minimum absolute atomic E-state index is 0.00139. The van der Waals surface area contributed by atoms with Gasteiger partial charge < -0.3 is 4.43 Å². The van der Waals surface area contributed by atoms with Crippen LogP contribution in [0.2, 0.25) is 6.55 Å². The largest absolute Gasteiger partial charge is 0.412 e. The minimum atomic E-state index is -1.50. The van der Waals surface area contributed by atoms with E-state index < -0.39 is 9.04 Å². The molecule has 0 bridgehead atoms. The average Bonchev–Trinajstić information content (AvgIpc) is 2.24. The third kappa shape index (κ3) is 6.34. The lowest BCUT2D eigenvalue weighted by Crippen LogP contribution is -2.56. The highest BCUT2D eigenvalue weighted by molar-refractivity contribution is 6.52. The molecule has 5 nitrogen and oxygen atoms in total. The maximum atomic E-state index is 6.04. The fourth-order valence-electron chi connectivity index (χ4n) is 2.27. The van der Waals surface area contributed by atoms with E-state index in [0.29, 0.717) is 0 Å². The van der Waals surface area contributed by atoms with Crippen LogP contribution < -0.4 is 0 Å². The van der Waals surface area contributed by atoms with Gasteiger partial charge in [-0.1, -0.05) is 6.92 Å². The molecular weight excluding hydrogens is 288 g/mol. The first kappa shape index (κ1) is 19.1. The van der Waals surface area contributed by atoms with Crippen LogP contribution in [-0.2, 0) is 24.0 Å². The van der Waals surface area contributed by atoms with Crippen molar-refractivity contribution in [1.82, 2.24) is 0 Å². The van der Waals surface area contributed by atoms with Crippen LogP contribution in [0.4, 0.5) is 0 Å². The van der Waals surface area contributed by atoms with Gasteiger partial charge in [-0.15, -0.1) is 0 Å². The van der Waals surface area contributed by atoms with Crippen LogP contribution in [0, 0.1) is 5.92 Å². The Morgan fingerprint density at radius 3 is 1.81 bits per heavy atom. The van der Waals surface area contributed by atoms with Gasteiger partial charge in [-0.3, -0.25) is 0 Å². The van der Waals surface area contributed by atoms with Crippen LogP contribution >= 0.6 is 0 Å². The van der Waals surface area contributed by atoms with Gasteiger partial charge in [0.2, 0.25) is 9.04 Å². The number of rotatable bonds is 4. The van der Waals surface area contributed by atoms with E-state index >= 15 is 0 Å². The maximum absolute atomic E-state index is 6.04. The molecule has 0 aromatic rings. The van der Waals surface area contributed by atoms with E-state index in [1.165, 1.54) is 0 Å². The highest BCUT2D eigenvalue weighted by atomic mass is 28.3. The maximum Gasteiger partial charge on any atom is 0.207 e. The first-order chi connectivity index (χ1) is 9.41. The first-order valence-electron chi connectivity index (χ1n) is 7.75. The van der Waals surface area contributed by atoms with E-state index in [1.54, 1.807) is 0 Å². The summed E-state index contributed by atoms with van der Waals surface area (Å²) in [5.41, 5.74) is -0.748. The van der Waals surface area contributed by atoms with Crippen molar-refractivity contribution in [3.05, 3.63) is 0 Å². The van der Waals surface area contributed by atoms with Crippen molar-refractivity contribution in [3.63, 3.8) is 0 Å². The van der Waals surface area contributed by atoms with E-state index in [9.17, 15) is 0 Å². The van der Waals surface area contributed by atoms with Gasteiger partial charge in [0.1, 0.15) is 11.8 Å². The molecule has 0 spiro atoms. The molecule has 5 atom stereocenters. The molecule has 0 aromatic heterocycles. The normalized spacial score (nSPS) is 35.0. The molecule has 126 valence electrons. The van der Waals surface area contributed by atoms with Crippen LogP contribution in [0.25, 0.3) is 0 Å². The molecule has 1 fully saturated rings. The number of hydrogen-bond acceptors (Lipinski definition) is 5. The van der Waals surface area contributed by atoms with Crippen molar-refractivity contribution in [2.75, 3.05) is 0 Å². The minimum Gasteiger partial charge on any atom is -0.412 e. The van der Waals surface area contributed by atoms with E-state index in [-0.39, 0.29) is 35.1 Å². The predicted molar refractivity (Wildman–Crippen MR) is 84.1 cm³/mol. The second-order valence-electron chi connectivity index (χ2n) is 7.92. The second-order valence-corrected chi connectivity index (χ2v) is 10.3. The van der Waals surface area contributed by atoms with Crippen molar-refractivity contribution in [2.45, 2.75) is 91.1 Å². The summed E-state index contributed by atoms with van der Waals surface area (Å²) in [6.45, 7) is 18.0. The number of hydrogen-bond donors (Lipinski definition) is 0. The highest BCUT2D eigenvalue weighted by Gasteiger charge is 2.44. The van der Waals surface area contributed by atoms with E-state index in [2.05, 4.69) is 13.5 Å². The molecule has 1 saturated heterocycles. The van der Waals surface area contributed by atoms with Crippen molar-refractivity contribution in [2.24, 2.45) is 5.92 Å². The van der Waals surface area contributed by atoms with Gasteiger partial charge in [0.15, 0.2) is 0 Å². The topological polar surface area (TPSA) is 46.2 Å².